The zero-order valence-electron chi connectivity index (χ0n) is 19.7. The Balaban J connectivity index is 2.42. The fraction of sp³-hybridized carbons (Fsp3) is 0.435. The molecule has 1 aliphatic carbocycles. The minimum absolute atomic E-state index is 0.289. The molecule has 11 heteroatoms. The van der Waals surface area contributed by atoms with Crippen molar-refractivity contribution in [2.75, 3.05) is 14.2 Å². The van der Waals surface area contributed by atoms with E-state index in [1.54, 1.807) is 6.92 Å². The molecule has 0 unspecified atom stereocenters. The van der Waals surface area contributed by atoms with Crippen molar-refractivity contribution in [3.05, 3.63) is 56.1 Å². The summed E-state index contributed by atoms with van der Waals surface area (Å²) in [6.07, 6.45) is -9.51. The van der Waals surface area contributed by atoms with Crippen LogP contribution in [0.15, 0.2) is 45.0 Å². The summed E-state index contributed by atoms with van der Waals surface area (Å²) in [5, 5.41) is -0.788. The van der Waals surface area contributed by atoms with Crippen molar-refractivity contribution in [2.24, 2.45) is 5.41 Å². The SMILES string of the molecule is C[O][Ti]([O]C)([O]c1c(C(F)(F)F)cnc2cccc(C(F)(F)F)c12)[C]1=C(C)C(C)=C(C)C1(C)C. The maximum absolute atomic E-state index is 14.0. The van der Waals surface area contributed by atoms with E-state index < -0.39 is 57.8 Å². The Labute approximate surface area is 198 Å². The molecule has 0 amide bonds. The standard InChI is InChI=1S/C11H5F6NO.C10H15.2CH3O.Ti/c12-10(13,14)5-2-1-3-7-8(5)9(19)6(4-18-7)11(15,16)17;1-7-6-10(4,5)9(3)8(7)2;2*1-2;/h1-4H,(H,18,19);1-5H3;2*1H3;/q;;2*-1;+3/p-1. The molecular formula is C23H25F6NO3Ti. The molecule has 2 aromatic rings. The quantitative estimate of drug-likeness (QED) is 0.300. The summed E-state index contributed by atoms with van der Waals surface area (Å²) in [6.45, 7) is 9.24. The van der Waals surface area contributed by atoms with E-state index in [4.69, 9.17) is 9.96 Å². The minimum atomic E-state index is -5.04. The van der Waals surface area contributed by atoms with Gasteiger partial charge in [0.05, 0.1) is 0 Å². The summed E-state index contributed by atoms with van der Waals surface area (Å²) in [4.78, 5) is 3.65. The van der Waals surface area contributed by atoms with Gasteiger partial charge in [-0.3, -0.25) is 0 Å². The number of alkyl halides is 6. The van der Waals surface area contributed by atoms with Crippen molar-refractivity contribution in [3.8, 4) is 5.75 Å². The molecule has 1 heterocycles. The summed E-state index contributed by atoms with van der Waals surface area (Å²) in [5.41, 5.74) is -1.13. The van der Waals surface area contributed by atoms with Crippen molar-refractivity contribution in [3.63, 3.8) is 0 Å². The van der Waals surface area contributed by atoms with Gasteiger partial charge in [0.1, 0.15) is 0 Å². The van der Waals surface area contributed by atoms with Gasteiger partial charge in [-0.1, -0.05) is 0 Å². The molecule has 4 nitrogen and oxygen atoms in total. The molecule has 0 bridgehead atoms. The van der Waals surface area contributed by atoms with E-state index in [2.05, 4.69) is 4.98 Å². The normalized spacial score (nSPS) is 17.2. The fourth-order valence-electron chi connectivity index (χ4n) is 4.52. The van der Waals surface area contributed by atoms with Crippen LogP contribution < -0.4 is 3.32 Å². The van der Waals surface area contributed by atoms with Gasteiger partial charge >= 0.3 is 198 Å². The van der Waals surface area contributed by atoms with E-state index in [0.29, 0.717) is 16.1 Å². The second kappa shape index (κ2) is 8.66. The van der Waals surface area contributed by atoms with Crippen LogP contribution in [-0.4, -0.2) is 19.2 Å². The molecule has 0 N–H and O–H groups in total. The Hall–Kier alpha value is -1.88. The van der Waals surface area contributed by atoms with Gasteiger partial charge in [-0.05, 0) is 0 Å². The van der Waals surface area contributed by atoms with Gasteiger partial charge in [0.25, 0.3) is 0 Å². The number of halogens is 6. The first-order chi connectivity index (χ1) is 15.5. The van der Waals surface area contributed by atoms with Crippen molar-refractivity contribution in [1.82, 2.24) is 4.98 Å². The van der Waals surface area contributed by atoms with E-state index in [9.17, 15) is 26.3 Å². The molecule has 0 saturated heterocycles. The first-order valence-corrected chi connectivity index (χ1v) is 13.0. The Kier molecular flexibility index (Phi) is 6.80. The van der Waals surface area contributed by atoms with Crippen LogP contribution in [0.5, 0.6) is 5.75 Å². The molecule has 0 spiro atoms. The van der Waals surface area contributed by atoms with Gasteiger partial charge in [-0.2, -0.15) is 0 Å². The van der Waals surface area contributed by atoms with E-state index in [1.165, 1.54) is 20.3 Å². The Morgan fingerprint density at radius 3 is 1.85 bits per heavy atom. The molecule has 0 atom stereocenters. The third kappa shape index (κ3) is 4.19. The molecule has 1 aromatic heterocycles. The number of benzene rings is 1. The second-order valence-electron chi connectivity index (χ2n) is 8.64. The predicted molar refractivity (Wildman–Crippen MR) is 111 cm³/mol. The number of pyridine rings is 1. The number of nitrogens with zero attached hydrogens (tertiary/aromatic N) is 1. The molecule has 0 fully saturated rings. The molecule has 1 aromatic carbocycles. The van der Waals surface area contributed by atoms with Gasteiger partial charge in [0.15, 0.2) is 0 Å². The number of allylic oxidation sites excluding steroid dienone is 4. The molecule has 34 heavy (non-hydrogen) atoms. The zero-order chi connectivity index (χ0) is 25.9. The first kappa shape index (κ1) is 26.7. The summed E-state index contributed by atoms with van der Waals surface area (Å²) in [6, 6.07) is 2.98. The molecule has 1 aliphatic rings. The van der Waals surface area contributed by atoms with Crippen LogP contribution in [0.1, 0.15) is 45.7 Å². The molecule has 0 aliphatic heterocycles. The number of hydrogen-bond donors (Lipinski definition) is 0. The summed E-state index contributed by atoms with van der Waals surface area (Å²) >= 11 is -4.88. The summed E-state index contributed by atoms with van der Waals surface area (Å²) in [7, 11) is 2.48. The number of aromatic nitrogens is 1. The molecular weight excluding hydrogens is 500 g/mol. The molecule has 0 radical (unpaired) electrons. The summed E-state index contributed by atoms with van der Waals surface area (Å²) < 4.78 is 102. The van der Waals surface area contributed by atoms with Crippen LogP contribution >= 0.6 is 0 Å². The third-order valence-electron chi connectivity index (χ3n) is 6.60. The van der Waals surface area contributed by atoms with Crippen LogP contribution in [0.4, 0.5) is 26.3 Å². The topological polar surface area (TPSA) is 40.6 Å². The second-order valence-corrected chi connectivity index (χ2v) is 12.7. The van der Waals surface area contributed by atoms with Crippen LogP contribution in [-0.2, 0) is 36.7 Å². The van der Waals surface area contributed by atoms with E-state index in [0.717, 1.165) is 22.8 Å². The van der Waals surface area contributed by atoms with Crippen molar-refractivity contribution >= 4 is 10.9 Å². The number of hydrogen-bond acceptors (Lipinski definition) is 4. The van der Waals surface area contributed by atoms with Gasteiger partial charge in [-0.15, -0.1) is 0 Å². The Morgan fingerprint density at radius 2 is 1.41 bits per heavy atom. The predicted octanol–water partition coefficient (Wildman–Crippen LogP) is 7.49. The molecule has 186 valence electrons. The van der Waals surface area contributed by atoms with Crippen LogP contribution in [0, 0.1) is 5.41 Å². The van der Waals surface area contributed by atoms with Crippen molar-refractivity contribution in [1.29, 1.82) is 0 Å². The van der Waals surface area contributed by atoms with Gasteiger partial charge in [0.2, 0.25) is 0 Å². The number of rotatable bonds is 5. The zero-order valence-corrected chi connectivity index (χ0v) is 21.3. The van der Waals surface area contributed by atoms with E-state index in [-0.39, 0.29) is 5.52 Å². The van der Waals surface area contributed by atoms with Gasteiger partial charge < -0.3 is 0 Å². The van der Waals surface area contributed by atoms with Crippen molar-refractivity contribution < 1.29 is 54.1 Å². The van der Waals surface area contributed by atoms with Gasteiger partial charge in [0, 0.05) is 0 Å². The average Bonchev–Trinajstić information content (AvgIpc) is 2.89. The Morgan fingerprint density at radius 1 is 0.853 bits per heavy atom. The average molecular weight is 525 g/mol. The Bertz CT molecular complexity index is 1190. The molecule has 0 saturated carbocycles. The fourth-order valence-corrected chi connectivity index (χ4v) is 9.09. The maximum atomic E-state index is 14.0. The van der Waals surface area contributed by atoms with Gasteiger partial charge in [-0.25, -0.2) is 0 Å². The number of fused-ring (bicyclic) bond motifs is 1. The first-order valence-electron chi connectivity index (χ1n) is 10.3. The molecule has 3 rings (SSSR count). The monoisotopic (exact) mass is 525 g/mol. The summed E-state index contributed by atoms with van der Waals surface area (Å²) in [5.74, 6) is -0.993. The van der Waals surface area contributed by atoms with Crippen LogP contribution in [0.3, 0.4) is 0 Å². The van der Waals surface area contributed by atoms with Crippen molar-refractivity contribution in [2.45, 2.75) is 47.0 Å². The van der Waals surface area contributed by atoms with E-state index in [1.807, 2.05) is 27.7 Å². The van der Waals surface area contributed by atoms with Crippen LogP contribution in [0.25, 0.3) is 10.9 Å². The van der Waals surface area contributed by atoms with E-state index >= 15 is 0 Å². The third-order valence-corrected chi connectivity index (χ3v) is 11.5. The van der Waals surface area contributed by atoms with Crippen LogP contribution in [0.2, 0.25) is 0 Å².